The summed E-state index contributed by atoms with van der Waals surface area (Å²) in [5.41, 5.74) is 3.82. The number of nitrogens with zero attached hydrogens (tertiary/aromatic N) is 2. The van der Waals surface area contributed by atoms with Crippen LogP contribution in [0.25, 0.3) is 0 Å². The number of carbonyl (C=O) groups excluding carboxylic acids is 2. The van der Waals surface area contributed by atoms with Crippen molar-refractivity contribution in [1.82, 2.24) is 20.5 Å². The van der Waals surface area contributed by atoms with Crippen LogP contribution >= 0.6 is 12.4 Å². The minimum Gasteiger partial charge on any atom is -0.314 e. The highest BCUT2D eigenvalue weighted by atomic mass is 35.5. The fourth-order valence-electron chi connectivity index (χ4n) is 3.30. The zero-order valence-electron chi connectivity index (χ0n) is 16.1. The number of hydrogen-bond acceptors (Lipinski definition) is 5. The van der Waals surface area contributed by atoms with E-state index in [-0.39, 0.29) is 30.9 Å². The second-order valence-corrected chi connectivity index (χ2v) is 6.80. The van der Waals surface area contributed by atoms with E-state index < -0.39 is 6.03 Å². The summed E-state index contributed by atoms with van der Waals surface area (Å²) >= 11 is 0. The standard InChI is InChI=1S/C20H25N5O2.ClH/c1-14-5-6-17(15(2)10-14)23-20(27)24-19(26)13-25-9-8-22-12-18(25)16-4-3-7-21-11-16;/h3-7,10-11,18,22H,8-9,12-13H2,1-2H3,(H2,23,24,26,27);1H. The predicted octanol–water partition coefficient (Wildman–Crippen LogP) is 2.41. The Balaban J connectivity index is 0.00000280. The molecule has 0 bridgehead atoms. The van der Waals surface area contributed by atoms with E-state index in [2.05, 4.69) is 25.8 Å². The minimum absolute atomic E-state index is 0. The van der Waals surface area contributed by atoms with Gasteiger partial charge in [0.05, 0.1) is 6.54 Å². The lowest BCUT2D eigenvalue weighted by molar-refractivity contribution is -0.121. The Kier molecular flexibility index (Phi) is 7.92. The molecule has 1 unspecified atom stereocenters. The van der Waals surface area contributed by atoms with Crippen LogP contribution in [0.15, 0.2) is 42.7 Å². The molecular formula is C20H26ClN5O2. The number of aromatic nitrogens is 1. The van der Waals surface area contributed by atoms with Gasteiger partial charge in [-0.2, -0.15) is 0 Å². The molecule has 0 radical (unpaired) electrons. The van der Waals surface area contributed by atoms with E-state index in [0.717, 1.165) is 36.3 Å². The van der Waals surface area contributed by atoms with Crippen LogP contribution in [-0.2, 0) is 4.79 Å². The highest BCUT2D eigenvalue weighted by Gasteiger charge is 2.26. The van der Waals surface area contributed by atoms with Crippen LogP contribution < -0.4 is 16.0 Å². The van der Waals surface area contributed by atoms with Gasteiger partial charge < -0.3 is 10.6 Å². The van der Waals surface area contributed by atoms with Crippen molar-refractivity contribution in [2.75, 3.05) is 31.5 Å². The van der Waals surface area contributed by atoms with Gasteiger partial charge in [-0.3, -0.25) is 20.0 Å². The summed E-state index contributed by atoms with van der Waals surface area (Å²) in [5.74, 6) is -0.326. The molecule has 28 heavy (non-hydrogen) atoms. The van der Waals surface area contributed by atoms with Crippen LogP contribution in [-0.4, -0.2) is 48.0 Å². The summed E-state index contributed by atoms with van der Waals surface area (Å²) in [5, 5.41) is 8.50. The number of rotatable bonds is 4. The third-order valence-electron chi connectivity index (χ3n) is 4.65. The summed E-state index contributed by atoms with van der Waals surface area (Å²) < 4.78 is 0. The Hall–Kier alpha value is -2.48. The summed E-state index contributed by atoms with van der Waals surface area (Å²) in [4.78, 5) is 30.8. The minimum atomic E-state index is -0.514. The summed E-state index contributed by atoms with van der Waals surface area (Å²) in [6.45, 7) is 6.34. The molecule has 1 fully saturated rings. The van der Waals surface area contributed by atoms with Gasteiger partial charge in [-0.05, 0) is 37.1 Å². The highest BCUT2D eigenvalue weighted by molar-refractivity contribution is 6.02. The molecule has 1 aromatic heterocycles. The molecule has 3 N–H and O–H groups in total. The lowest BCUT2D eigenvalue weighted by Crippen LogP contribution is -2.50. The number of imide groups is 1. The third kappa shape index (κ3) is 5.76. The molecule has 3 amide bonds. The zero-order valence-corrected chi connectivity index (χ0v) is 16.9. The van der Waals surface area contributed by atoms with Gasteiger partial charge in [-0.1, -0.05) is 23.8 Å². The first-order chi connectivity index (χ1) is 13.0. The largest absolute Gasteiger partial charge is 0.325 e. The molecule has 0 spiro atoms. The molecule has 7 nitrogen and oxygen atoms in total. The van der Waals surface area contributed by atoms with Crippen LogP contribution in [0.3, 0.4) is 0 Å². The SMILES string of the molecule is Cc1ccc(NC(=O)NC(=O)CN2CCNCC2c2cccnc2)c(C)c1.Cl. The lowest BCUT2D eigenvalue weighted by Gasteiger charge is -2.35. The number of urea groups is 1. The van der Waals surface area contributed by atoms with Crippen molar-refractivity contribution < 1.29 is 9.59 Å². The molecule has 1 aromatic carbocycles. The van der Waals surface area contributed by atoms with Crippen molar-refractivity contribution in [3.63, 3.8) is 0 Å². The maximum atomic E-state index is 12.4. The first kappa shape index (κ1) is 21.8. The van der Waals surface area contributed by atoms with Gasteiger partial charge >= 0.3 is 6.03 Å². The number of pyridine rings is 1. The monoisotopic (exact) mass is 403 g/mol. The van der Waals surface area contributed by atoms with Gasteiger partial charge in [0.25, 0.3) is 0 Å². The van der Waals surface area contributed by atoms with Gasteiger partial charge in [-0.15, -0.1) is 12.4 Å². The second kappa shape index (κ2) is 10.2. The first-order valence-electron chi connectivity index (χ1n) is 9.05. The van der Waals surface area contributed by atoms with Crippen LogP contribution in [0.4, 0.5) is 10.5 Å². The topological polar surface area (TPSA) is 86.4 Å². The summed E-state index contributed by atoms with van der Waals surface area (Å²) in [6, 6.07) is 9.17. The number of hydrogen-bond donors (Lipinski definition) is 3. The molecule has 1 aliphatic rings. The van der Waals surface area contributed by atoms with Crippen molar-refractivity contribution in [3.05, 3.63) is 59.4 Å². The van der Waals surface area contributed by atoms with E-state index >= 15 is 0 Å². The number of benzene rings is 1. The number of piperazine rings is 1. The van der Waals surface area contributed by atoms with Gasteiger partial charge in [0, 0.05) is 43.8 Å². The highest BCUT2D eigenvalue weighted by Crippen LogP contribution is 2.21. The molecule has 8 heteroatoms. The van der Waals surface area contributed by atoms with Gasteiger partial charge in [-0.25, -0.2) is 4.79 Å². The smallest absolute Gasteiger partial charge is 0.314 e. The normalized spacial score (nSPS) is 16.7. The van der Waals surface area contributed by atoms with E-state index in [4.69, 9.17) is 0 Å². The molecule has 2 aromatic rings. The summed E-state index contributed by atoms with van der Waals surface area (Å²) in [6.07, 6.45) is 3.55. The predicted molar refractivity (Wildman–Crippen MR) is 112 cm³/mol. The van der Waals surface area contributed by atoms with E-state index in [9.17, 15) is 9.59 Å². The second-order valence-electron chi connectivity index (χ2n) is 6.80. The maximum absolute atomic E-state index is 12.4. The Labute approximate surface area is 171 Å². The zero-order chi connectivity index (χ0) is 19.2. The van der Waals surface area contributed by atoms with E-state index in [1.54, 1.807) is 6.20 Å². The van der Waals surface area contributed by atoms with Gasteiger partial charge in [0.1, 0.15) is 0 Å². The number of nitrogens with one attached hydrogen (secondary N) is 3. The first-order valence-corrected chi connectivity index (χ1v) is 9.05. The van der Waals surface area contributed by atoms with E-state index in [1.807, 2.05) is 50.4 Å². The Morgan fingerprint density at radius 3 is 2.82 bits per heavy atom. The lowest BCUT2D eigenvalue weighted by atomic mass is 10.1. The van der Waals surface area contributed by atoms with Crippen LogP contribution in [0.1, 0.15) is 22.7 Å². The number of halogens is 1. The van der Waals surface area contributed by atoms with Crippen molar-refractivity contribution >= 4 is 30.0 Å². The van der Waals surface area contributed by atoms with Crippen molar-refractivity contribution in [2.45, 2.75) is 19.9 Å². The summed E-state index contributed by atoms with van der Waals surface area (Å²) in [7, 11) is 0. The van der Waals surface area contributed by atoms with Crippen LogP contribution in [0.5, 0.6) is 0 Å². The Morgan fingerprint density at radius 1 is 1.29 bits per heavy atom. The van der Waals surface area contributed by atoms with Crippen LogP contribution in [0.2, 0.25) is 0 Å². The van der Waals surface area contributed by atoms with Crippen LogP contribution in [0, 0.1) is 13.8 Å². The number of amides is 3. The Bertz CT molecular complexity index is 815. The molecule has 150 valence electrons. The number of anilines is 1. The van der Waals surface area contributed by atoms with Crippen molar-refractivity contribution in [3.8, 4) is 0 Å². The third-order valence-corrected chi connectivity index (χ3v) is 4.65. The number of carbonyl (C=O) groups is 2. The van der Waals surface area contributed by atoms with E-state index in [1.165, 1.54) is 0 Å². The molecule has 1 saturated heterocycles. The molecule has 0 aliphatic carbocycles. The maximum Gasteiger partial charge on any atom is 0.325 e. The van der Waals surface area contributed by atoms with E-state index in [0.29, 0.717) is 5.69 Å². The molecule has 1 atom stereocenters. The van der Waals surface area contributed by atoms with Gasteiger partial charge in [0.15, 0.2) is 0 Å². The van der Waals surface area contributed by atoms with Gasteiger partial charge in [0.2, 0.25) is 5.91 Å². The van der Waals surface area contributed by atoms with Crippen molar-refractivity contribution in [1.29, 1.82) is 0 Å². The average molecular weight is 404 g/mol. The Morgan fingerprint density at radius 2 is 2.11 bits per heavy atom. The average Bonchev–Trinajstić information content (AvgIpc) is 2.65. The fraction of sp³-hybridized carbons (Fsp3) is 0.350. The number of aryl methyl sites for hydroxylation is 2. The quantitative estimate of drug-likeness (QED) is 0.729. The molecule has 1 aliphatic heterocycles. The van der Waals surface area contributed by atoms with Crippen molar-refractivity contribution in [2.24, 2.45) is 0 Å². The fourth-order valence-corrected chi connectivity index (χ4v) is 3.30. The molecule has 2 heterocycles. The molecule has 3 rings (SSSR count). The molecular weight excluding hydrogens is 378 g/mol. The molecule has 0 saturated carbocycles.